The number of fused-ring (bicyclic) bond motifs is 1. The smallest absolute Gasteiger partial charge is 0.321 e. The van der Waals surface area contributed by atoms with Crippen LogP contribution in [0.1, 0.15) is 21.6 Å². The molecule has 0 aliphatic rings. The van der Waals surface area contributed by atoms with E-state index in [9.17, 15) is 30.8 Å². The molecule has 33 heavy (non-hydrogen) atoms. The molecule has 1 amide bonds. The average Bonchev–Trinajstić information content (AvgIpc) is 3.18. The summed E-state index contributed by atoms with van der Waals surface area (Å²) in [6, 6.07) is 11.7. The number of rotatable bonds is 4. The summed E-state index contributed by atoms with van der Waals surface area (Å²) in [5.41, 5.74) is -0.875. The highest BCUT2D eigenvalue weighted by molar-refractivity contribution is 7.91. The van der Waals surface area contributed by atoms with E-state index in [0.29, 0.717) is 5.52 Å². The number of sulfone groups is 1. The first-order valence-electron chi connectivity index (χ1n) is 9.45. The van der Waals surface area contributed by atoms with E-state index < -0.39 is 33.3 Å². The van der Waals surface area contributed by atoms with Gasteiger partial charge in [0, 0.05) is 11.1 Å². The highest BCUT2D eigenvalue weighted by Gasteiger charge is 2.32. The number of benzene rings is 3. The van der Waals surface area contributed by atoms with Crippen LogP contribution >= 0.6 is 0 Å². The van der Waals surface area contributed by atoms with Crippen LogP contribution < -0.4 is 5.32 Å². The van der Waals surface area contributed by atoms with Gasteiger partial charge in [-0.3, -0.25) is 9.89 Å². The molecule has 6 nitrogen and oxygen atoms in total. The monoisotopic (exact) mass is 477 g/mol. The second-order valence-corrected chi connectivity index (χ2v) is 9.17. The van der Waals surface area contributed by atoms with Crippen molar-refractivity contribution < 1.29 is 30.8 Å². The van der Waals surface area contributed by atoms with Crippen molar-refractivity contribution in [2.45, 2.75) is 22.9 Å². The SMILES string of the molecule is Cc1ccc(NC(=O)c2n[nH]c3ccc(S(=O)(=O)c4cccc(F)c4)cc23)cc1C(F)(F)F. The number of carbonyl (C=O) groups is 1. The fourth-order valence-corrected chi connectivity index (χ4v) is 4.62. The highest BCUT2D eigenvalue weighted by atomic mass is 32.2. The van der Waals surface area contributed by atoms with Crippen molar-refractivity contribution in [3.63, 3.8) is 0 Å². The Morgan fingerprint density at radius 2 is 1.73 bits per heavy atom. The van der Waals surface area contributed by atoms with Crippen LogP contribution in [-0.4, -0.2) is 24.5 Å². The highest BCUT2D eigenvalue weighted by Crippen LogP contribution is 2.34. The maximum atomic E-state index is 13.5. The van der Waals surface area contributed by atoms with Crippen LogP contribution in [0.3, 0.4) is 0 Å². The quantitative estimate of drug-likeness (QED) is 0.400. The summed E-state index contributed by atoms with van der Waals surface area (Å²) >= 11 is 0. The number of hydrogen-bond acceptors (Lipinski definition) is 4. The van der Waals surface area contributed by atoms with Gasteiger partial charge in [0.2, 0.25) is 9.84 Å². The number of halogens is 4. The van der Waals surface area contributed by atoms with Gasteiger partial charge in [-0.2, -0.15) is 18.3 Å². The predicted molar refractivity (Wildman–Crippen MR) is 112 cm³/mol. The molecule has 0 saturated carbocycles. The first-order valence-corrected chi connectivity index (χ1v) is 10.9. The van der Waals surface area contributed by atoms with Crippen LogP contribution in [0, 0.1) is 12.7 Å². The molecule has 0 saturated heterocycles. The summed E-state index contributed by atoms with van der Waals surface area (Å²) in [7, 11) is -4.10. The molecule has 3 aromatic carbocycles. The average molecular weight is 477 g/mol. The van der Waals surface area contributed by atoms with E-state index in [4.69, 9.17) is 0 Å². The van der Waals surface area contributed by atoms with E-state index in [1.807, 2.05) is 0 Å². The molecule has 0 radical (unpaired) electrons. The maximum absolute atomic E-state index is 13.5. The molecule has 1 aromatic heterocycles. The summed E-state index contributed by atoms with van der Waals surface area (Å²) in [6.45, 7) is 1.30. The molecule has 0 unspecified atom stereocenters. The lowest BCUT2D eigenvalue weighted by molar-refractivity contribution is -0.138. The first-order chi connectivity index (χ1) is 15.5. The Morgan fingerprint density at radius 1 is 1.00 bits per heavy atom. The number of aryl methyl sites for hydroxylation is 1. The van der Waals surface area contributed by atoms with Crippen LogP contribution in [0.4, 0.5) is 23.2 Å². The van der Waals surface area contributed by atoms with Gasteiger partial charge in [0.25, 0.3) is 5.91 Å². The van der Waals surface area contributed by atoms with Gasteiger partial charge >= 0.3 is 6.18 Å². The normalized spacial score (nSPS) is 12.2. The predicted octanol–water partition coefficient (Wildman–Crippen LogP) is 5.11. The molecule has 0 atom stereocenters. The number of carbonyl (C=O) groups excluding carboxylic acids is 1. The second-order valence-electron chi connectivity index (χ2n) is 7.22. The van der Waals surface area contributed by atoms with Crippen LogP contribution in [0.25, 0.3) is 10.9 Å². The molecule has 4 rings (SSSR count). The number of anilines is 1. The molecule has 11 heteroatoms. The minimum atomic E-state index is -4.59. The van der Waals surface area contributed by atoms with Crippen LogP contribution in [0.2, 0.25) is 0 Å². The minimum Gasteiger partial charge on any atom is -0.321 e. The zero-order valence-corrected chi connectivity index (χ0v) is 17.7. The molecule has 0 aliphatic carbocycles. The zero-order chi connectivity index (χ0) is 24.0. The fourth-order valence-electron chi connectivity index (χ4n) is 3.30. The molecule has 4 aromatic rings. The number of alkyl halides is 3. The van der Waals surface area contributed by atoms with Crippen molar-refractivity contribution >= 4 is 32.3 Å². The van der Waals surface area contributed by atoms with E-state index in [-0.39, 0.29) is 32.1 Å². The Bertz CT molecular complexity index is 1490. The van der Waals surface area contributed by atoms with Gasteiger partial charge in [-0.05, 0) is 61.0 Å². The lowest BCUT2D eigenvalue weighted by atomic mass is 10.1. The third-order valence-corrected chi connectivity index (χ3v) is 6.72. The number of aromatic nitrogens is 2. The molecular weight excluding hydrogens is 462 g/mol. The molecule has 0 bridgehead atoms. The summed E-state index contributed by atoms with van der Waals surface area (Å²) in [4.78, 5) is 12.3. The van der Waals surface area contributed by atoms with Crippen LogP contribution in [0.15, 0.2) is 70.5 Å². The Hall–Kier alpha value is -3.73. The van der Waals surface area contributed by atoms with Gasteiger partial charge in [0.15, 0.2) is 5.69 Å². The lowest BCUT2D eigenvalue weighted by Crippen LogP contribution is -2.14. The third-order valence-electron chi connectivity index (χ3n) is 4.97. The van der Waals surface area contributed by atoms with Gasteiger partial charge in [-0.25, -0.2) is 12.8 Å². The number of nitrogens with zero attached hydrogens (tertiary/aromatic N) is 1. The van der Waals surface area contributed by atoms with Gasteiger partial charge in [0.1, 0.15) is 5.82 Å². The van der Waals surface area contributed by atoms with Crippen LogP contribution in [-0.2, 0) is 16.0 Å². The van der Waals surface area contributed by atoms with E-state index >= 15 is 0 Å². The number of nitrogens with one attached hydrogen (secondary N) is 2. The van der Waals surface area contributed by atoms with Crippen molar-refractivity contribution in [2.75, 3.05) is 5.32 Å². The zero-order valence-electron chi connectivity index (χ0n) is 16.9. The van der Waals surface area contributed by atoms with E-state index in [1.165, 1.54) is 49.4 Å². The number of hydrogen-bond donors (Lipinski definition) is 2. The molecule has 2 N–H and O–H groups in total. The summed E-state index contributed by atoms with van der Waals surface area (Å²) in [5.74, 6) is -1.56. The van der Waals surface area contributed by atoms with Gasteiger partial charge in [-0.1, -0.05) is 12.1 Å². The standard InChI is InChI=1S/C22H15F4N3O3S/c1-12-5-6-14(10-18(12)22(24,25)26)27-21(30)20-17-11-16(7-8-19(17)28-29-20)33(31,32)15-4-2-3-13(23)9-15/h2-11H,1H3,(H,27,30)(H,28,29). The van der Waals surface area contributed by atoms with E-state index in [0.717, 1.165) is 18.2 Å². The van der Waals surface area contributed by atoms with Crippen molar-refractivity contribution in [3.05, 3.63) is 83.3 Å². The van der Waals surface area contributed by atoms with Crippen molar-refractivity contribution in [2.24, 2.45) is 0 Å². The summed E-state index contributed by atoms with van der Waals surface area (Å²) in [5, 5.41) is 8.94. The van der Waals surface area contributed by atoms with Crippen molar-refractivity contribution in [1.29, 1.82) is 0 Å². The van der Waals surface area contributed by atoms with Gasteiger partial charge in [-0.15, -0.1) is 0 Å². The Balaban J connectivity index is 1.71. The third kappa shape index (κ3) is 4.31. The van der Waals surface area contributed by atoms with Crippen molar-refractivity contribution in [3.8, 4) is 0 Å². The fraction of sp³-hybridized carbons (Fsp3) is 0.0909. The van der Waals surface area contributed by atoms with Gasteiger partial charge < -0.3 is 5.32 Å². The second kappa shape index (κ2) is 8.00. The summed E-state index contributed by atoms with van der Waals surface area (Å²) in [6.07, 6.45) is -4.59. The topological polar surface area (TPSA) is 91.9 Å². The number of aromatic amines is 1. The largest absolute Gasteiger partial charge is 0.416 e. The maximum Gasteiger partial charge on any atom is 0.416 e. The molecule has 0 aliphatic heterocycles. The van der Waals surface area contributed by atoms with Gasteiger partial charge in [0.05, 0.1) is 20.9 Å². The van der Waals surface area contributed by atoms with Crippen molar-refractivity contribution in [1.82, 2.24) is 10.2 Å². The summed E-state index contributed by atoms with van der Waals surface area (Å²) < 4.78 is 78.8. The lowest BCUT2D eigenvalue weighted by Gasteiger charge is -2.12. The Labute approximate surface area is 185 Å². The first kappa shape index (κ1) is 22.5. The molecular formula is C22H15F4N3O3S. The molecule has 0 spiro atoms. The Kier molecular flexibility index (Phi) is 5.44. The van der Waals surface area contributed by atoms with E-state index in [1.54, 1.807) is 0 Å². The molecule has 0 fully saturated rings. The number of H-pyrrole nitrogens is 1. The van der Waals surface area contributed by atoms with E-state index in [2.05, 4.69) is 15.5 Å². The minimum absolute atomic E-state index is 0.00193. The Morgan fingerprint density at radius 3 is 2.42 bits per heavy atom. The number of amides is 1. The molecule has 1 heterocycles. The van der Waals surface area contributed by atoms with Crippen LogP contribution in [0.5, 0.6) is 0 Å². The molecule has 170 valence electrons.